The third-order valence-electron chi connectivity index (χ3n) is 10.6. The number of allylic oxidation sites excluding steroid dienone is 8. The number of hydrogen-bond acceptors (Lipinski definition) is 0. The van der Waals surface area contributed by atoms with E-state index in [4.69, 9.17) is 0 Å². The van der Waals surface area contributed by atoms with Gasteiger partial charge < -0.3 is 0 Å². The Morgan fingerprint density at radius 1 is 0.700 bits per heavy atom. The fraction of sp³-hybridized carbons (Fsp3) is 0.724. The van der Waals surface area contributed by atoms with Crippen molar-refractivity contribution in [3.05, 3.63) is 48.6 Å². The molecule has 2 saturated carbocycles. The summed E-state index contributed by atoms with van der Waals surface area (Å²) in [7, 11) is 0. The second-order valence-corrected chi connectivity index (χ2v) is 29.3. The van der Waals surface area contributed by atoms with Gasteiger partial charge in [0.15, 0.2) is 0 Å². The van der Waals surface area contributed by atoms with Gasteiger partial charge >= 0.3 is 191 Å². The van der Waals surface area contributed by atoms with Crippen molar-refractivity contribution in [3.8, 4) is 0 Å². The zero-order chi connectivity index (χ0) is 20.9. The first-order chi connectivity index (χ1) is 14.5. The molecule has 1 heterocycles. The van der Waals surface area contributed by atoms with Crippen molar-refractivity contribution in [2.45, 2.75) is 81.9 Å². The molecule has 1 heteroatoms. The van der Waals surface area contributed by atoms with Crippen molar-refractivity contribution in [1.29, 1.82) is 0 Å². The summed E-state index contributed by atoms with van der Waals surface area (Å²) in [6.07, 6.45) is 29.0. The summed E-state index contributed by atoms with van der Waals surface area (Å²) < 4.78 is 5.61. The van der Waals surface area contributed by atoms with Gasteiger partial charge in [-0.1, -0.05) is 0 Å². The van der Waals surface area contributed by atoms with E-state index >= 15 is 0 Å². The first-order valence-corrected chi connectivity index (χ1v) is 22.5. The third-order valence-corrected chi connectivity index (χ3v) is 35.0. The molecule has 8 unspecified atom stereocenters. The first-order valence-electron chi connectivity index (χ1n) is 13.2. The molecule has 164 valence electrons. The van der Waals surface area contributed by atoms with E-state index in [-0.39, 0.29) is 0 Å². The van der Waals surface area contributed by atoms with Crippen molar-refractivity contribution >= 4 is 0 Å². The van der Waals surface area contributed by atoms with Crippen LogP contribution in [-0.4, -0.2) is 0 Å². The Bertz CT molecular complexity index is 690. The van der Waals surface area contributed by atoms with E-state index < -0.39 is 20.0 Å². The van der Waals surface area contributed by atoms with E-state index in [2.05, 4.69) is 76.3 Å². The van der Waals surface area contributed by atoms with Crippen LogP contribution in [0.4, 0.5) is 0 Å². The van der Waals surface area contributed by atoms with Gasteiger partial charge in [0.2, 0.25) is 0 Å². The Balaban J connectivity index is 1.66. The van der Waals surface area contributed by atoms with Gasteiger partial charge in [-0.25, -0.2) is 0 Å². The quantitative estimate of drug-likeness (QED) is 0.280. The molecule has 1 saturated heterocycles. The maximum absolute atomic E-state index is 2.72. The molecule has 5 rings (SSSR count). The van der Waals surface area contributed by atoms with Crippen LogP contribution in [0.1, 0.15) is 66.2 Å². The molecule has 5 aliphatic rings. The molecule has 4 aliphatic carbocycles. The van der Waals surface area contributed by atoms with Gasteiger partial charge in [0.25, 0.3) is 0 Å². The molecule has 0 aromatic carbocycles. The van der Waals surface area contributed by atoms with Crippen LogP contribution in [-0.2, 0) is 20.0 Å². The summed E-state index contributed by atoms with van der Waals surface area (Å²) >= 11 is -2.66. The van der Waals surface area contributed by atoms with Crippen LogP contribution in [0.3, 0.4) is 0 Å². The van der Waals surface area contributed by atoms with Crippen molar-refractivity contribution in [3.63, 3.8) is 0 Å². The van der Waals surface area contributed by atoms with Gasteiger partial charge in [0.05, 0.1) is 0 Å². The van der Waals surface area contributed by atoms with Gasteiger partial charge in [0, 0.05) is 0 Å². The topological polar surface area (TPSA) is 0 Å². The summed E-state index contributed by atoms with van der Waals surface area (Å²) in [6.45, 7) is 10.3. The average molecular weight is 571 g/mol. The second-order valence-electron chi connectivity index (χ2n) is 12.0. The molecule has 0 N–H and O–H groups in total. The zero-order valence-corrected chi connectivity index (χ0v) is 23.5. The summed E-state index contributed by atoms with van der Waals surface area (Å²) in [6, 6.07) is 0. The molecule has 3 fully saturated rings. The van der Waals surface area contributed by atoms with Gasteiger partial charge in [-0.3, -0.25) is 0 Å². The molecule has 8 atom stereocenters. The van der Waals surface area contributed by atoms with Crippen LogP contribution < -0.4 is 0 Å². The van der Waals surface area contributed by atoms with Crippen LogP contribution in [0.5, 0.6) is 0 Å². The summed E-state index contributed by atoms with van der Waals surface area (Å²) in [4.78, 5) is 0. The minimum absolute atomic E-state index is 0.523. The van der Waals surface area contributed by atoms with Crippen LogP contribution >= 0.6 is 0 Å². The molecule has 0 aromatic rings. The fourth-order valence-corrected chi connectivity index (χ4v) is 41.9. The van der Waals surface area contributed by atoms with E-state index in [0.717, 1.165) is 42.9 Å². The molecule has 0 amide bonds. The number of hydrogen-bond donors (Lipinski definition) is 0. The number of fused-ring (bicyclic) bond motifs is 6. The van der Waals surface area contributed by atoms with Crippen molar-refractivity contribution in [2.75, 3.05) is 0 Å². The molecule has 0 spiro atoms. The van der Waals surface area contributed by atoms with Gasteiger partial charge in [-0.2, -0.15) is 0 Å². The van der Waals surface area contributed by atoms with E-state index in [1.54, 1.807) is 8.35 Å². The summed E-state index contributed by atoms with van der Waals surface area (Å²) in [5, 5.41) is 0. The Hall–Kier alpha value is -0.170. The SMILES string of the molecule is CCC[CH2][Hf]1([CH2]CCC)[CH]2C3C=CC=CC3CC2C(C)(C)C2CC3C=CC=CC3[CH]21. The molecule has 0 nitrogen and oxygen atoms in total. The predicted molar refractivity (Wildman–Crippen MR) is 127 cm³/mol. The van der Waals surface area contributed by atoms with Crippen molar-refractivity contribution < 1.29 is 20.0 Å². The first kappa shape index (κ1) is 21.7. The third kappa shape index (κ3) is 3.14. The number of rotatable bonds is 6. The van der Waals surface area contributed by atoms with E-state index in [9.17, 15) is 0 Å². The maximum atomic E-state index is 2.72. The van der Waals surface area contributed by atoms with Gasteiger partial charge in [0.1, 0.15) is 0 Å². The number of unbranched alkanes of at least 4 members (excludes halogenated alkanes) is 2. The fourth-order valence-electron chi connectivity index (χ4n) is 9.40. The van der Waals surface area contributed by atoms with Gasteiger partial charge in [-0.05, 0) is 0 Å². The van der Waals surface area contributed by atoms with Crippen molar-refractivity contribution in [2.24, 2.45) is 40.9 Å². The predicted octanol–water partition coefficient (Wildman–Crippen LogP) is 8.95. The van der Waals surface area contributed by atoms with E-state index in [0.29, 0.717) is 5.41 Å². The van der Waals surface area contributed by atoms with Crippen LogP contribution in [0.15, 0.2) is 48.6 Å². The molecule has 0 bridgehead atoms. The van der Waals surface area contributed by atoms with Crippen LogP contribution in [0.25, 0.3) is 0 Å². The van der Waals surface area contributed by atoms with Gasteiger partial charge in [-0.15, -0.1) is 0 Å². The summed E-state index contributed by atoms with van der Waals surface area (Å²) in [5.74, 6) is 5.46. The average Bonchev–Trinajstić information content (AvgIpc) is 3.35. The molecule has 0 radical (unpaired) electrons. The Morgan fingerprint density at radius 2 is 1.13 bits per heavy atom. The Morgan fingerprint density at radius 3 is 1.57 bits per heavy atom. The van der Waals surface area contributed by atoms with Crippen molar-refractivity contribution in [1.82, 2.24) is 0 Å². The Kier molecular flexibility index (Phi) is 6.00. The Labute approximate surface area is 190 Å². The monoisotopic (exact) mass is 572 g/mol. The zero-order valence-electron chi connectivity index (χ0n) is 19.9. The molecule has 1 aliphatic heterocycles. The molecule has 30 heavy (non-hydrogen) atoms. The standard InChI is InChI=1S/C21H26.2C4H9.Hf/c1-21(2,19-11-15-7-3-4-8-16(15)12-19)20-13-17-9-5-6-10-18(17)14-20;2*1-3-4-2;/h3-11,13,15-20H,12,14H2,1-2H3;2*1,3-4H2,2H3;. The second kappa shape index (κ2) is 8.31. The van der Waals surface area contributed by atoms with Crippen LogP contribution in [0.2, 0.25) is 15.7 Å². The van der Waals surface area contributed by atoms with Crippen LogP contribution in [0, 0.1) is 40.9 Å². The molecular formula is C29H44Hf. The summed E-state index contributed by atoms with van der Waals surface area (Å²) in [5.41, 5.74) is 0.523. The minimum atomic E-state index is -2.66. The normalized spacial score (nSPS) is 43.9. The van der Waals surface area contributed by atoms with E-state index in [1.807, 2.05) is 0 Å². The molecular weight excluding hydrogens is 527 g/mol. The van der Waals surface area contributed by atoms with E-state index in [1.165, 1.54) is 38.5 Å². The molecule has 0 aromatic heterocycles.